The van der Waals surface area contributed by atoms with Crippen LogP contribution in [0.25, 0.3) is 0 Å². The molecular weight excluding hydrogens is 304 g/mol. The van der Waals surface area contributed by atoms with Crippen LogP contribution >= 0.6 is 22.9 Å². The van der Waals surface area contributed by atoms with E-state index in [1.807, 2.05) is 24.6 Å². The third kappa shape index (κ3) is 4.99. The zero-order chi connectivity index (χ0) is 15.2. The van der Waals surface area contributed by atoms with Crippen LogP contribution in [0.1, 0.15) is 30.0 Å². The van der Waals surface area contributed by atoms with Gasteiger partial charge >= 0.3 is 0 Å². The molecule has 0 fully saturated rings. The van der Waals surface area contributed by atoms with Gasteiger partial charge in [-0.25, -0.2) is 4.98 Å². The quantitative estimate of drug-likeness (QED) is 0.827. The average Bonchev–Trinajstić information content (AvgIpc) is 2.84. The highest BCUT2D eigenvalue weighted by Gasteiger charge is 2.06. The fraction of sp³-hybridized carbons (Fsp3) is 0.438. The molecule has 0 saturated carbocycles. The molecular formula is C16H21ClN2OS. The Bertz CT molecular complexity index is 583. The van der Waals surface area contributed by atoms with Crippen LogP contribution < -0.4 is 10.1 Å². The summed E-state index contributed by atoms with van der Waals surface area (Å²) in [7, 11) is 0. The number of ether oxygens (including phenoxy) is 1. The molecule has 0 spiro atoms. The second kappa shape index (κ2) is 7.78. The number of thiazole rings is 1. The lowest BCUT2D eigenvalue weighted by Gasteiger charge is -2.11. The molecule has 0 radical (unpaired) electrons. The van der Waals surface area contributed by atoms with Crippen molar-refractivity contribution < 1.29 is 4.74 Å². The third-order valence-electron chi connectivity index (χ3n) is 3.14. The van der Waals surface area contributed by atoms with E-state index in [0.717, 1.165) is 24.4 Å². The molecule has 0 atom stereocenters. The predicted molar refractivity (Wildman–Crippen MR) is 89.5 cm³/mol. The molecule has 0 amide bonds. The van der Waals surface area contributed by atoms with Crippen LogP contribution in [0.4, 0.5) is 0 Å². The number of halogens is 1. The van der Waals surface area contributed by atoms with Gasteiger partial charge in [0.1, 0.15) is 5.75 Å². The lowest BCUT2D eigenvalue weighted by atomic mass is 10.2. The molecule has 1 N–H and O–H groups in total. The highest BCUT2D eigenvalue weighted by atomic mass is 35.5. The van der Waals surface area contributed by atoms with Gasteiger partial charge in [-0.3, -0.25) is 0 Å². The Morgan fingerprint density at radius 2 is 2.19 bits per heavy atom. The maximum Gasteiger partial charge on any atom is 0.137 e. The first kappa shape index (κ1) is 16.3. The van der Waals surface area contributed by atoms with Crippen molar-refractivity contribution in [1.82, 2.24) is 10.3 Å². The highest BCUT2D eigenvalue weighted by molar-refractivity contribution is 7.09. The predicted octanol–water partition coefficient (Wildman–Crippen LogP) is 4.22. The van der Waals surface area contributed by atoms with E-state index in [0.29, 0.717) is 17.7 Å². The summed E-state index contributed by atoms with van der Waals surface area (Å²) in [6.45, 7) is 7.71. The fourth-order valence-corrected chi connectivity index (χ4v) is 2.93. The second-order valence-corrected chi connectivity index (χ2v) is 6.61. The Morgan fingerprint density at radius 3 is 2.81 bits per heavy atom. The molecule has 2 rings (SSSR count). The summed E-state index contributed by atoms with van der Waals surface area (Å²) in [5.41, 5.74) is 4.12. The van der Waals surface area contributed by atoms with E-state index < -0.39 is 0 Å². The number of hydrogen-bond donors (Lipinski definition) is 1. The third-order valence-corrected chi connectivity index (χ3v) is 4.43. The van der Waals surface area contributed by atoms with Gasteiger partial charge in [-0.2, -0.15) is 0 Å². The zero-order valence-electron chi connectivity index (χ0n) is 12.6. The number of aromatic nitrogens is 1. The van der Waals surface area contributed by atoms with E-state index in [2.05, 4.69) is 30.2 Å². The first-order valence-electron chi connectivity index (χ1n) is 7.10. The van der Waals surface area contributed by atoms with Crippen LogP contribution in [-0.4, -0.2) is 17.6 Å². The number of nitrogens with one attached hydrogen (secondary N) is 1. The van der Waals surface area contributed by atoms with Gasteiger partial charge in [0, 0.05) is 23.9 Å². The van der Waals surface area contributed by atoms with Crippen LogP contribution in [0.2, 0.25) is 5.02 Å². The molecule has 3 nitrogen and oxygen atoms in total. The SMILES string of the molecule is Cc1ncsc1CCOc1ccc(CNC(C)C)cc1Cl. The van der Waals surface area contributed by atoms with E-state index >= 15 is 0 Å². The topological polar surface area (TPSA) is 34.1 Å². The second-order valence-electron chi connectivity index (χ2n) is 5.26. The van der Waals surface area contributed by atoms with Gasteiger partial charge in [0.05, 0.1) is 22.8 Å². The van der Waals surface area contributed by atoms with Gasteiger partial charge in [-0.05, 0) is 24.6 Å². The Hall–Kier alpha value is -1.10. The van der Waals surface area contributed by atoms with Crippen LogP contribution in [0, 0.1) is 6.92 Å². The van der Waals surface area contributed by atoms with Gasteiger partial charge in [0.15, 0.2) is 0 Å². The van der Waals surface area contributed by atoms with Gasteiger partial charge < -0.3 is 10.1 Å². The van der Waals surface area contributed by atoms with E-state index in [-0.39, 0.29) is 0 Å². The monoisotopic (exact) mass is 324 g/mol. The average molecular weight is 325 g/mol. The minimum atomic E-state index is 0.461. The van der Waals surface area contributed by atoms with E-state index in [1.54, 1.807) is 11.3 Å². The molecule has 0 aliphatic rings. The van der Waals surface area contributed by atoms with Crippen molar-refractivity contribution in [3.8, 4) is 5.75 Å². The number of benzene rings is 1. The van der Waals surface area contributed by atoms with Crippen molar-refractivity contribution in [2.24, 2.45) is 0 Å². The zero-order valence-corrected chi connectivity index (χ0v) is 14.2. The normalized spacial score (nSPS) is 11.1. The van der Waals surface area contributed by atoms with Gasteiger partial charge in [-0.1, -0.05) is 31.5 Å². The van der Waals surface area contributed by atoms with Crippen molar-refractivity contribution in [2.75, 3.05) is 6.61 Å². The lowest BCUT2D eigenvalue weighted by Crippen LogP contribution is -2.21. The number of nitrogens with zero attached hydrogens (tertiary/aromatic N) is 1. The number of hydrogen-bond acceptors (Lipinski definition) is 4. The summed E-state index contributed by atoms with van der Waals surface area (Å²) in [4.78, 5) is 5.50. The molecule has 1 heterocycles. The summed E-state index contributed by atoms with van der Waals surface area (Å²) in [6, 6.07) is 6.42. The summed E-state index contributed by atoms with van der Waals surface area (Å²) in [5, 5.41) is 4.04. The summed E-state index contributed by atoms with van der Waals surface area (Å²) in [6.07, 6.45) is 0.865. The molecule has 1 aromatic heterocycles. The summed E-state index contributed by atoms with van der Waals surface area (Å²) in [5.74, 6) is 0.743. The molecule has 5 heteroatoms. The highest BCUT2D eigenvalue weighted by Crippen LogP contribution is 2.26. The first-order chi connectivity index (χ1) is 10.1. The minimum absolute atomic E-state index is 0.461. The Balaban J connectivity index is 1.87. The first-order valence-corrected chi connectivity index (χ1v) is 8.35. The molecule has 0 bridgehead atoms. The number of rotatable bonds is 7. The van der Waals surface area contributed by atoms with Gasteiger partial charge in [0.25, 0.3) is 0 Å². The fourth-order valence-electron chi connectivity index (χ4n) is 1.91. The van der Waals surface area contributed by atoms with Crippen LogP contribution in [0.5, 0.6) is 5.75 Å². The molecule has 0 aliphatic heterocycles. The van der Waals surface area contributed by atoms with Crippen molar-refractivity contribution in [2.45, 2.75) is 39.8 Å². The molecule has 114 valence electrons. The van der Waals surface area contributed by atoms with Crippen molar-refractivity contribution in [1.29, 1.82) is 0 Å². The lowest BCUT2D eigenvalue weighted by molar-refractivity contribution is 0.322. The smallest absolute Gasteiger partial charge is 0.137 e. The molecule has 0 aliphatic carbocycles. The minimum Gasteiger partial charge on any atom is -0.492 e. The van der Waals surface area contributed by atoms with E-state index in [9.17, 15) is 0 Å². The van der Waals surface area contributed by atoms with Crippen molar-refractivity contribution >= 4 is 22.9 Å². The Labute approximate surface area is 135 Å². The molecule has 2 aromatic rings. The molecule has 1 aromatic carbocycles. The maximum absolute atomic E-state index is 6.27. The molecule has 21 heavy (non-hydrogen) atoms. The molecule has 0 unspecified atom stereocenters. The summed E-state index contributed by atoms with van der Waals surface area (Å²) < 4.78 is 5.77. The van der Waals surface area contributed by atoms with Gasteiger partial charge in [0.2, 0.25) is 0 Å². The molecule has 0 saturated heterocycles. The van der Waals surface area contributed by atoms with Crippen LogP contribution in [0.3, 0.4) is 0 Å². The van der Waals surface area contributed by atoms with Crippen LogP contribution in [-0.2, 0) is 13.0 Å². The Kier molecular flexibility index (Phi) is 6.03. The van der Waals surface area contributed by atoms with E-state index in [1.165, 1.54) is 10.4 Å². The maximum atomic E-state index is 6.27. The standard InChI is InChI=1S/C16H21ClN2OS/c1-11(2)18-9-13-4-5-15(14(17)8-13)20-7-6-16-12(3)19-10-21-16/h4-5,8,10-11,18H,6-7,9H2,1-3H3. The van der Waals surface area contributed by atoms with Gasteiger partial charge in [-0.15, -0.1) is 11.3 Å². The number of aryl methyl sites for hydroxylation is 1. The summed E-state index contributed by atoms with van der Waals surface area (Å²) >= 11 is 7.94. The van der Waals surface area contributed by atoms with E-state index in [4.69, 9.17) is 16.3 Å². The van der Waals surface area contributed by atoms with Crippen molar-refractivity contribution in [3.63, 3.8) is 0 Å². The Morgan fingerprint density at radius 1 is 1.38 bits per heavy atom. The largest absolute Gasteiger partial charge is 0.492 e. The van der Waals surface area contributed by atoms with Crippen LogP contribution in [0.15, 0.2) is 23.7 Å². The van der Waals surface area contributed by atoms with Crippen molar-refractivity contribution in [3.05, 3.63) is 44.9 Å².